The summed E-state index contributed by atoms with van der Waals surface area (Å²) < 4.78 is 16.8. The molecule has 0 spiro atoms. The summed E-state index contributed by atoms with van der Waals surface area (Å²) >= 11 is 0. The van der Waals surface area contributed by atoms with Gasteiger partial charge in [-0.2, -0.15) is 4.98 Å². The number of fused-ring (bicyclic) bond motifs is 1. The molecule has 0 saturated carbocycles. The molecule has 0 amide bonds. The minimum absolute atomic E-state index is 0.0972. The molecular formula is C20H30N4O3. The maximum absolute atomic E-state index is 6.17. The van der Waals surface area contributed by atoms with Crippen molar-refractivity contribution in [2.45, 2.75) is 39.7 Å². The minimum atomic E-state index is 0.0972. The van der Waals surface area contributed by atoms with Gasteiger partial charge in [0, 0.05) is 30.5 Å². The van der Waals surface area contributed by atoms with Crippen LogP contribution in [0.25, 0.3) is 10.9 Å². The highest BCUT2D eigenvalue weighted by atomic mass is 16.5. The van der Waals surface area contributed by atoms with E-state index in [9.17, 15) is 0 Å². The number of nitrogens with one attached hydrogen (secondary N) is 1. The van der Waals surface area contributed by atoms with E-state index in [1.807, 2.05) is 6.07 Å². The second kappa shape index (κ2) is 7.76. The second-order valence-corrected chi connectivity index (χ2v) is 8.10. The fourth-order valence-corrected chi connectivity index (χ4v) is 3.79. The van der Waals surface area contributed by atoms with Gasteiger partial charge < -0.3 is 25.3 Å². The molecule has 1 aliphatic rings. The number of nitrogens with two attached hydrogens (primary N) is 1. The molecule has 2 unspecified atom stereocenters. The van der Waals surface area contributed by atoms with Crippen LogP contribution in [-0.4, -0.2) is 43.4 Å². The summed E-state index contributed by atoms with van der Waals surface area (Å²) in [5.41, 5.74) is 6.98. The third kappa shape index (κ3) is 4.18. The van der Waals surface area contributed by atoms with Gasteiger partial charge in [0.2, 0.25) is 5.95 Å². The van der Waals surface area contributed by atoms with Crippen LogP contribution in [-0.2, 0) is 4.74 Å². The third-order valence-corrected chi connectivity index (χ3v) is 5.05. The maximum Gasteiger partial charge on any atom is 0.225 e. The number of rotatable bonds is 5. The highest BCUT2D eigenvalue weighted by Crippen LogP contribution is 2.35. The largest absolute Gasteiger partial charge is 0.493 e. The van der Waals surface area contributed by atoms with Crippen LogP contribution >= 0.6 is 0 Å². The van der Waals surface area contributed by atoms with Gasteiger partial charge in [-0.3, -0.25) is 0 Å². The zero-order chi connectivity index (χ0) is 19.6. The summed E-state index contributed by atoms with van der Waals surface area (Å²) in [4.78, 5) is 9.04. The van der Waals surface area contributed by atoms with E-state index in [1.165, 1.54) is 0 Å². The molecule has 7 heteroatoms. The van der Waals surface area contributed by atoms with Crippen molar-refractivity contribution in [3.63, 3.8) is 0 Å². The first-order valence-corrected chi connectivity index (χ1v) is 9.38. The Morgan fingerprint density at radius 1 is 1.19 bits per heavy atom. The maximum atomic E-state index is 6.17. The normalized spacial score (nSPS) is 20.5. The number of nitrogen functional groups attached to an aromatic ring is 1. The van der Waals surface area contributed by atoms with Gasteiger partial charge >= 0.3 is 0 Å². The smallest absolute Gasteiger partial charge is 0.225 e. The SMILES string of the molecule is COc1cc2nc(NCC3CCCOC3C(C)(C)C)nc(N)c2cc1OC. The van der Waals surface area contributed by atoms with Gasteiger partial charge in [-0.1, -0.05) is 20.8 Å². The van der Waals surface area contributed by atoms with Crippen LogP contribution in [0, 0.1) is 11.3 Å². The summed E-state index contributed by atoms with van der Waals surface area (Å²) in [7, 11) is 3.19. The quantitative estimate of drug-likeness (QED) is 0.828. The lowest BCUT2D eigenvalue weighted by molar-refractivity contribution is -0.0814. The van der Waals surface area contributed by atoms with Gasteiger partial charge in [0.1, 0.15) is 5.82 Å². The summed E-state index contributed by atoms with van der Waals surface area (Å²) in [6, 6.07) is 3.62. The van der Waals surface area contributed by atoms with Crippen LogP contribution in [0.2, 0.25) is 0 Å². The van der Waals surface area contributed by atoms with Crippen molar-refractivity contribution in [2.24, 2.45) is 11.3 Å². The Labute approximate surface area is 160 Å². The number of nitrogens with zero attached hydrogens (tertiary/aromatic N) is 2. The average Bonchev–Trinajstić information content (AvgIpc) is 2.65. The Morgan fingerprint density at radius 3 is 2.56 bits per heavy atom. The van der Waals surface area contributed by atoms with Gasteiger partial charge in [-0.05, 0) is 24.3 Å². The lowest BCUT2D eigenvalue weighted by Crippen LogP contribution is -2.42. The highest BCUT2D eigenvalue weighted by molar-refractivity contribution is 5.91. The number of aromatic nitrogens is 2. The molecule has 7 nitrogen and oxygen atoms in total. The van der Waals surface area contributed by atoms with E-state index in [4.69, 9.17) is 19.9 Å². The zero-order valence-electron chi connectivity index (χ0n) is 16.8. The molecule has 1 aromatic carbocycles. The first kappa shape index (κ1) is 19.5. The summed E-state index contributed by atoms with van der Waals surface area (Å²) in [6.45, 7) is 8.25. The number of methoxy groups -OCH3 is 2. The number of benzene rings is 1. The molecule has 2 aromatic rings. The van der Waals surface area contributed by atoms with Gasteiger partial charge in [0.15, 0.2) is 11.5 Å². The Morgan fingerprint density at radius 2 is 1.89 bits per heavy atom. The topological polar surface area (TPSA) is 91.5 Å². The Kier molecular flexibility index (Phi) is 5.60. The number of anilines is 2. The van der Waals surface area contributed by atoms with Crippen molar-refractivity contribution in [2.75, 3.05) is 38.4 Å². The van der Waals surface area contributed by atoms with Gasteiger partial charge in [-0.15, -0.1) is 0 Å². The van der Waals surface area contributed by atoms with Crippen molar-refractivity contribution in [3.05, 3.63) is 12.1 Å². The van der Waals surface area contributed by atoms with Crippen LogP contribution < -0.4 is 20.5 Å². The molecule has 0 bridgehead atoms. The van der Waals surface area contributed by atoms with Crippen molar-refractivity contribution in [3.8, 4) is 11.5 Å². The first-order chi connectivity index (χ1) is 12.8. The first-order valence-electron chi connectivity index (χ1n) is 9.38. The molecule has 2 atom stereocenters. The fraction of sp³-hybridized carbons (Fsp3) is 0.600. The van der Waals surface area contributed by atoms with E-state index in [0.29, 0.717) is 29.2 Å². The van der Waals surface area contributed by atoms with Gasteiger partial charge in [0.05, 0.1) is 25.8 Å². The lowest BCUT2D eigenvalue weighted by Gasteiger charge is -2.40. The molecular weight excluding hydrogens is 344 g/mol. The molecule has 2 heterocycles. The molecule has 3 rings (SSSR count). The van der Waals surface area contributed by atoms with E-state index in [0.717, 1.165) is 36.9 Å². The van der Waals surface area contributed by atoms with E-state index < -0.39 is 0 Å². The standard InChI is InChI=1S/C20H30N4O3/c1-20(2,3)17-12(7-6-8-27-17)11-22-19-23-14-10-16(26-5)15(25-4)9-13(14)18(21)24-19/h9-10,12,17H,6-8,11H2,1-5H3,(H3,21,22,23,24). The van der Waals surface area contributed by atoms with E-state index in [1.54, 1.807) is 20.3 Å². The van der Waals surface area contributed by atoms with Crippen molar-refractivity contribution in [1.29, 1.82) is 0 Å². The average molecular weight is 374 g/mol. The monoisotopic (exact) mass is 374 g/mol. The van der Waals surface area contributed by atoms with Crippen molar-refractivity contribution in [1.82, 2.24) is 9.97 Å². The Bertz CT molecular complexity index is 804. The fourth-order valence-electron chi connectivity index (χ4n) is 3.79. The van der Waals surface area contributed by atoms with Crippen LogP contribution in [0.1, 0.15) is 33.6 Å². The Balaban J connectivity index is 1.82. The van der Waals surface area contributed by atoms with Gasteiger partial charge in [-0.25, -0.2) is 4.98 Å². The summed E-state index contributed by atoms with van der Waals surface area (Å²) in [5.74, 6) is 2.56. The van der Waals surface area contributed by atoms with E-state index in [-0.39, 0.29) is 11.5 Å². The lowest BCUT2D eigenvalue weighted by atomic mass is 9.78. The van der Waals surface area contributed by atoms with Crippen LogP contribution in [0.3, 0.4) is 0 Å². The van der Waals surface area contributed by atoms with Crippen LogP contribution in [0.5, 0.6) is 11.5 Å². The predicted octanol–water partition coefficient (Wildman–Crippen LogP) is 3.48. The summed E-state index contributed by atoms with van der Waals surface area (Å²) in [6.07, 6.45) is 2.42. The minimum Gasteiger partial charge on any atom is -0.493 e. The molecule has 1 aliphatic heterocycles. The number of ether oxygens (including phenoxy) is 3. The molecule has 0 aliphatic carbocycles. The molecule has 1 saturated heterocycles. The Hall–Kier alpha value is -2.28. The third-order valence-electron chi connectivity index (χ3n) is 5.05. The molecule has 27 heavy (non-hydrogen) atoms. The van der Waals surface area contributed by atoms with E-state index >= 15 is 0 Å². The molecule has 3 N–H and O–H groups in total. The van der Waals surface area contributed by atoms with Gasteiger partial charge in [0.25, 0.3) is 0 Å². The molecule has 1 aromatic heterocycles. The second-order valence-electron chi connectivity index (χ2n) is 8.10. The van der Waals surface area contributed by atoms with Crippen molar-refractivity contribution >= 4 is 22.7 Å². The molecule has 148 valence electrons. The van der Waals surface area contributed by atoms with Crippen LogP contribution in [0.15, 0.2) is 12.1 Å². The predicted molar refractivity (Wildman–Crippen MR) is 107 cm³/mol. The van der Waals surface area contributed by atoms with E-state index in [2.05, 4.69) is 36.1 Å². The summed E-state index contributed by atoms with van der Waals surface area (Å²) in [5, 5.41) is 4.10. The van der Waals surface area contributed by atoms with Crippen molar-refractivity contribution < 1.29 is 14.2 Å². The number of hydrogen-bond acceptors (Lipinski definition) is 7. The number of hydrogen-bond donors (Lipinski definition) is 2. The van der Waals surface area contributed by atoms with Crippen LogP contribution in [0.4, 0.5) is 11.8 Å². The zero-order valence-corrected chi connectivity index (χ0v) is 16.8. The molecule has 0 radical (unpaired) electrons. The highest BCUT2D eigenvalue weighted by Gasteiger charge is 2.35. The molecule has 1 fully saturated rings.